The number of ether oxygens (including phenoxy) is 2. The number of rotatable bonds is 8. The molecule has 15 heteroatoms. The first-order chi connectivity index (χ1) is 18.3. The van der Waals surface area contributed by atoms with E-state index < -0.39 is 44.3 Å². The first-order valence-electron chi connectivity index (χ1n) is 12.5. The highest BCUT2D eigenvalue weighted by Crippen LogP contribution is 2.35. The number of alkyl halides is 4. The third kappa shape index (κ3) is 6.84. The van der Waals surface area contributed by atoms with Gasteiger partial charge in [0.1, 0.15) is 15.7 Å². The van der Waals surface area contributed by atoms with Gasteiger partial charge in [-0.3, -0.25) is 4.79 Å². The van der Waals surface area contributed by atoms with Crippen LogP contribution in [0.2, 0.25) is 5.02 Å². The van der Waals surface area contributed by atoms with Crippen LogP contribution in [0.5, 0.6) is 5.75 Å². The van der Waals surface area contributed by atoms with Gasteiger partial charge in [-0.25, -0.2) is 17.5 Å². The summed E-state index contributed by atoms with van der Waals surface area (Å²) in [4.78, 5) is 12.4. The summed E-state index contributed by atoms with van der Waals surface area (Å²) in [5.74, 6) is -0.801. The van der Waals surface area contributed by atoms with Gasteiger partial charge in [0.15, 0.2) is 5.67 Å². The highest BCUT2D eigenvalue weighted by molar-refractivity contribution is 7.89. The molecule has 0 saturated carbocycles. The zero-order valence-corrected chi connectivity index (χ0v) is 22.7. The van der Waals surface area contributed by atoms with Gasteiger partial charge in [0.05, 0.1) is 31.1 Å². The Morgan fingerprint density at radius 3 is 2.62 bits per heavy atom. The number of piperidine rings is 1. The zero-order valence-electron chi connectivity index (χ0n) is 21.1. The van der Waals surface area contributed by atoms with Crippen LogP contribution in [-0.4, -0.2) is 67.4 Å². The van der Waals surface area contributed by atoms with Crippen LogP contribution in [0.25, 0.3) is 0 Å². The van der Waals surface area contributed by atoms with Gasteiger partial charge in [-0.05, 0) is 49.8 Å². The Labute approximate surface area is 228 Å². The molecule has 0 spiro atoms. The van der Waals surface area contributed by atoms with Gasteiger partial charge in [-0.2, -0.15) is 9.40 Å². The Bertz CT molecular complexity index is 1340. The Kier molecular flexibility index (Phi) is 8.79. The molecular weight excluding hydrogens is 568 g/mol. The summed E-state index contributed by atoms with van der Waals surface area (Å²) >= 11 is 6.26. The first-order valence-corrected chi connectivity index (χ1v) is 14.3. The summed E-state index contributed by atoms with van der Waals surface area (Å²) in [6, 6.07) is 3.06. The van der Waals surface area contributed by atoms with Crippen molar-refractivity contribution in [2.24, 2.45) is 0 Å². The number of halogens is 5. The van der Waals surface area contributed by atoms with E-state index in [0.717, 1.165) is 15.1 Å². The van der Waals surface area contributed by atoms with Gasteiger partial charge >= 0.3 is 6.36 Å². The molecule has 1 aromatic carbocycles. The fraction of sp³-hybridized carbons (Fsp3) is 0.583. The molecule has 0 bridgehead atoms. The second-order valence-corrected chi connectivity index (χ2v) is 11.9. The van der Waals surface area contributed by atoms with Gasteiger partial charge < -0.3 is 14.8 Å². The summed E-state index contributed by atoms with van der Waals surface area (Å²) < 4.78 is 91.6. The summed E-state index contributed by atoms with van der Waals surface area (Å²) in [6.07, 6.45) is -2.09. The molecule has 1 atom stereocenters. The molecule has 4 rings (SSSR count). The minimum atomic E-state index is -5.06. The normalized spacial score (nSPS) is 21.6. The van der Waals surface area contributed by atoms with E-state index in [1.165, 1.54) is 18.3 Å². The number of aryl methyl sites for hydroxylation is 1. The van der Waals surface area contributed by atoms with Crippen molar-refractivity contribution < 1.29 is 35.5 Å². The van der Waals surface area contributed by atoms with Crippen molar-refractivity contribution in [1.82, 2.24) is 14.1 Å². The molecule has 2 fully saturated rings. The standard InChI is InChI=1S/C24H29ClF4N4O5S/c1-2-16-4-5-19(38-24(27,28)29)20(12-16)39(35,36)32-9-6-17(7-10-32)33-22(34)21(25)18(13-31-33)30-14-23(26)8-3-11-37-15-23/h4-5,12-13,17,30H,2-3,6-11,14-15H2,1H3/t23-/m0/s1. The van der Waals surface area contributed by atoms with Gasteiger partial charge in [0, 0.05) is 19.7 Å². The van der Waals surface area contributed by atoms with Crippen LogP contribution in [0.1, 0.15) is 44.2 Å². The average molecular weight is 597 g/mol. The summed E-state index contributed by atoms with van der Waals surface area (Å²) in [5.41, 5.74) is -1.50. The van der Waals surface area contributed by atoms with Crippen LogP contribution in [0.15, 0.2) is 34.1 Å². The molecule has 0 radical (unpaired) electrons. The van der Waals surface area contributed by atoms with Crippen molar-refractivity contribution in [3.05, 3.63) is 45.3 Å². The van der Waals surface area contributed by atoms with E-state index in [1.807, 2.05) is 0 Å². The maximum absolute atomic E-state index is 14.8. The van der Waals surface area contributed by atoms with Gasteiger partial charge in [0.2, 0.25) is 10.0 Å². The molecular formula is C24H29ClF4N4O5S. The van der Waals surface area contributed by atoms with Crippen LogP contribution >= 0.6 is 11.6 Å². The van der Waals surface area contributed by atoms with Gasteiger partial charge in [-0.1, -0.05) is 24.6 Å². The molecule has 2 saturated heterocycles. The molecule has 1 aromatic heterocycles. The minimum Gasteiger partial charge on any atom is -0.404 e. The van der Waals surface area contributed by atoms with E-state index in [-0.39, 0.29) is 49.8 Å². The average Bonchev–Trinajstić information content (AvgIpc) is 2.89. The second kappa shape index (κ2) is 11.6. The van der Waals surface area contributed by atoms with Crippen LogP contribution < -0.4 is 15.6 Å². The molecule has 1 N–H and O–H groups in total. The third-order valence-corrected chi connectivity index (χ3v) is 9.13. The number of aromatic nitrogens is 2. The Morgan fingerprint density at radius 1 is 1.28 bits per heavy atom. The lowest BCUT2D eigenvalue weighted by atomic mass is 9.99. The Morgan fingerprint density at radius 2 is 2.00 bits per heavy atom. The van der Waals surface area contributed by atoms with Crippen molar-refractivity contribution in [3.8, 4) is 5.75 Å². The lowest BCUT2D eigenvalue weighted by Gasteiger charge is -2.32. The van der Waals surface area contributed by atoms with E-state index in [1.54, 1.807) is 6.92 Å². The number of nitrogens with one attached hydrogen (secondary N) is 1. The quantitative estimate of drug-likeness (QED) is 0.453. The Balaban J connectivity index is 1.47. The fourth-order valence-electron chi connectivity index (χ4n) is 4.69. The monoisotopic (exact) mass is 596 g/mol. The van der Waals surface area contributed by atoms with E-state index in [2.05, 4.69) is 15.2 Å². The molecule has 2 aliphatic heterocycles. The SMILES string of the molecule is CCc1ccc(OC(F)(F)F)c(S(=O)(=O)N2CCC(n3ncc(NC[C@@]4(F)CCCOC4)c(Cl)c3=O)CC2)c1. The van der Waals surface area contributed by atoms with E-state index >= 15 is 0 Å². The molecule has 3 heterocycles. The molecule has 0 amide bonds. The van der Waals surface area contributed by atoms with Crippen molar-refractivity contribution in [2.75, 3.05) is 38.2 Å². The maximum atomic E-state index is 14.8. The second-order valence-electron chi connectivity index (χ2n) is 9.60. The molecule has 9 nitrogen and oxygen atoms in total. The maximum Gasteiger partial charge on any atom is 0.573 e. The van der Waals surface area contributed by atoms with Crippen LogP contribution in [-0.2, 0) is 21.2 Å². The number of anilines is 1. The number of benzene rings is 1. The first kappa shape index (κ1) is 29.6. The van der Waals surface area contributed by atoms with Crippen molar-refractivity contribution in [2.45, 2.75) is 62.0 Å². The molecule has 2 aromatic rings. The van der Waals surface area contributed by atoms with E-state index in [0.29, 0.717) is 31.4 Å². The van der Waals surface area contributed by atoms with E-state index in [4.69, 9.17) is 16.3 Å². The minimum absolute atomic E-state index is 0.0594. The number of hydrogen-bond acceptors (Lipinski definition) is 7. The smallest absolute Gasteiger partial charge is 0.404 e. The topological polar surface area (TPSA) is 103 Å². The largest absolute Gasteiger partial charge is 0.573 e. The Hall–Kier alpha value is -2.42. The lowest BCUT2D eigenvalue weighted by Crippen LogP contribution is -2.42. The third-order valence-electron chi connectivity index (χ3n) is 6.84. The van der Waals surface area contributed by atoms with Crippen LogP contribution in [0, 0.1) is 0 Å². The zero-order chi connectivity index (χ0) is 28.4. The highest BCUT2D eigenvalue weighted by atomic mass is 35.5. The predicted molar refractivity (Wildman–Crippen MR) is 135 cm³/mol. The molecule has 2 aliphatic rings. The summed E-state index contributed by atoms with van der Waals surface area (Å²) in [7, 11) is -4.33. The summed E-state index contributed by atoms with van der Waals surface area (Å²) in [6.45, 7) is 1.95. The summed E-state index contributed by atoms with van der Waals surface area (Å²) in [5, 5.41) is 6.81. The van der Waals surface area contributed by atoms with Gasteiger partial charge in [0.25, 0.3) is 5.56 Å². The van der Waals surface area contributed by atoms with Crippen molar-refractivity contribution >= 4 is 27.3 Å². The molecule has 39 heavy (non-hydrogen) atoms. The molecule has 0 aliphatic carbocycles. The lowest BCUT2D eigenvalue weighted by molar-refractivity contribution is -0.275. The van der Waals surface area contributed by atoms with Gasteiger partial charge in [-0.15, -0.1) is 13.2 Å². The molecule has 216 valence electrons. The molecule has 0 unspecified atom stereocenters. The van der Waals surface area contributed by atoms with Crippen LogP contribution in [0.3, 0.4) is 0 Å². The van der Waals surface area contributed by atoms with E-state index in [9.17, 15) is 30.8 Å². The number of hydrogen-bond donors (Lipinski definition) is 1. The fourth-order valence-corrected chi connectivity index (χ4v) is 6.52. The van der Waals surface area contributed by atoms with Crippen molar-refractivity contribution in [3.63, 3.8) is 0 Å². The predicted octanol–water partition coefficient (Wildman–Crippen LogP) is 4.31. The van der Waals surface area contributed by atoms with Crippen molar-refractivity contribution in [1.29, 1.82) is 0 Å². The number of sulfonamides is 1. The van der Waals surface area contributed by atoms with Crippen LogP contribution in [0.4, 0.5) is 23.2 Å². The highest BCUT2D eigenvalue weighted by Gasteiger charge is 2.38. The number of nitrogens with zero attached hydrogens (tertiary/aromatic N) is 3.